The maximum absolute atomic E-state index is 11.9. The van der Waals surface area contributed by atoms with E-state index in [4.69, 9.17) is 5.11 Å². The number of likely N-dealkylation sites (N-methyl/N-ethyl adjacent to an activating group) is 1. The van der Waals surface area contributed by atoms with E-state index in [2.05, 4.69) is 0 Å². The molecule has 5 nitrogen and oxygen atoms in total. The lowest BCUT2D eigenvalue weighted by Gasteiger charge is -2.20. The van der Waals surface area contributed by atoms with Crippen molar-refractivity contribution in [2.24, 2.45) is 0 Å². The normalized spacial score (nSPS) is 13.7. The Balaban J connectivity index is 3.09. The van der Waals surface area contributed by atoms with Crippen molar-refractivity contribution >= 4 is 16.0 Å². The summed E-state index contributed by atoms with van der Waals surface area (Å²) in [4.78, 5) is 10.8. The van der Waals surface area contributed by atoms with Crippen LogP contribution in [0.5, 0.6) is 0 Å². The molecular weight excluding hydrogens is 230 g/mol. The molecule has 0 aliphatic rings. The van der Waals surface area contributed by atoms with Crippen LogP contribution in [-0.4, -0.2) is 36.9 Å². The average molecular weight is 243 g/mol. The molecule has 1 unspecified atom stereocenters. The minimum absolute atomic E-state index is 0.0885. The Kier molecular flexibility index (Phi) is 3.66. The predicted molar refractivity (Wildman–Crippen MR) is 58.5 cm³/mol. The molecule has 1 atom stereocenters. The molecule has 1 aromatic rings. The molecule has 0 saturated heterocycles. The largest absolute Gasteiger partial charge is 0.480 e. The predicted octanol–water partition coefficient (Wildman–Crippen LogP) is 0.780. The molecule has 0 spiro atoms. The maximum atomic E-state index is 11.9. The van der Waals surface area contributed by atoms with Crippen LogP contribution in [0, 0.1) is 0 Å². The van der Waals surface area contributed by atoms with Crippen molar-refractivity contribution in [2.45, 2.75) is 17.9 Å². The van der Waals surface area contributed by atoms with E-state index >= 15 is 0 Å². The Morgan fingerprint density at radius 1 is 1.31 bits per heavy atom. The van der Waals surface area contributed by atoms with E-state index < -0.39 is 22.0 Å². The van der Waals surface area contributed by atoms with Crippen LogP contribution in [0.4, 0.5) is 0 Å². The minimum atomic E-state index is -3.73. The Hall–Kier alpha value is -1.40. The summed E-state index contributed by atoms with van der Waals surface area (Å²) in [6.45, 7) is 1.32. The van der Waals surface area contributed by atoms with Gasteiger partial charge in [-0.05, 0) is 19.1 Å². The van der Waals surface area contributed by atoms with Gasteiger partial charge in [0.1, 0.15) is 6.04 Å². The highest BCUT2D eigenvalue weighted by atomic mass is 32.2. The third-order valence-electron chi connectivity index (χ3n) is 2.32. The molecule has 0 amide bonds. The number of aliphatic carboxylic acids is 1. The van der Waals surface area contributed by atoms with Crippen molar-refractivity contribution in [2.75, 3.05) is 7.05 Å². The van der Waals surface area contributed by atoms with Crippen molar-refractivity contribution in [3.63, 3.8) is 0 Å². The van der Waals surface area contributed by atoms with Crippen molar-refractivity contribution in [3.05, 3.63) is 30.3 Å². The Bertz CT molecular complexity index is 469. The number of hydrogen-bond acceptors (Lipinski definition) is 3. The van der Waals surface area contributed by atoms with E-state index in [1.807, 2.05) is 0 Å². The fourth-order valence-corrected chi connectivity index (χ4v) is 2.46. The van der Waals surface area contributed by atoms with Gasteiger partial charge in [0.25, 0.3) is 0 Å². The highest BCUT2D eigenvalue weighted by Gasteiger charge is 2.28. The molecule has 1 rings (SSSR count). The SMILES string of the molecule is CC(C(=O)O)N(C)S(=O)(=O)c1ccccc1. The van der Waals surface area contributed by atoms with Gasteiger partial charge in [0.2, 0.25) is 10.0 Å². The van der Waals surface area contributed by atoms with E-state index in [-0.39, 0.29) is 4.90 Å². The van der Waals surface area contributed by atoms with Crippen LogP contribution in [0.15, 0.2) is 35.2 Å². The average Bonchev–Trinajstić information content (AvgIpc) is 2.28. The van der Waals surface area contributed by atoms with E-state index in [1.165, 1.54) is 26.1 Å². The number of rotatable bonds is 4. The quantitative estimate of drug-likeness (QED) is 0.848. The molecule has 0 saturated carbocycles. The van der Waals surface area contributed by atoms with E-state index in [0.29, 0.717) is 0 Å². The molecule has 0 radical (unpaired) electrons. The lowest BCUT2D eigenvalue weighted by Crippen LogP contribution is -2.40. The van der Waals surface area contributed by atoms with Crippen molar-refractivity contribution in [1.29, 1.82) is 0 Å². The van der Waals surface area contributed by atoms with Gasteiger partial charge in [-0.1, -0.05) is 18.2 Å². The first-order valence-corrected chi connectivity index (χ1v) is 6.07. The second-order valence-corrected chi connectivity index (χ2v) is 5.35. The molecule has 0 bridgehead atoms. The van der Waals surface area contributed by atoms with Gasteiger partial charge < -0.3 is 5.11 Å². The summed E-state index contributed by atoms with van der Waals surface area (Å²) in [6.07, 6.45) is 0. The maximum Gasteiger partial charge on any atom is 0.321 e. The fraction of sp³-hybridized carbons (Fsp3) is 0.300. The van der Waals surface area contributed by atoms with Crippen molar-refractivity contribution in [1.82, 2.24) is 4.31 Å². The summed E-state index contributed by atoms with van der Waals surface area (Å²) >= 11 is 0. The summed E-state index contributed by atoms with van der Waals surface area (Å²) in [5.41, 5.74) is 0. The summed E-state index contributed by atoms with van der Waals surface area (Å²) in [5.74, 6) is -1.18. The van der Waals surface area contributed by atoms with Crippen LogP contribution >= 0.6 is 0 Å². The minimum Gasteiger partial charge on any atom is -0.480 e. The van der Waals surface area contributed by atoms with Crippen LogP contribution < -0.4 is 0 Å². The molecule has 0 heterocycles. The lowest BCUT2D eigenvalue weighted by molar-refractivity contribution is -0.140. The zero-order chi connectivity index (χ0) is 12.3. The number of benzene rings is 1. The molecule has 0 aliphatic heterocycles. The molecule has 0 fully saturated rings. The van der Waals surface area contributed by atoms with E-state index in [0.717, 1.165) is 4.31 Å². The molecule has 16 heavy (non-hydrogen) atoms. The monoisotopic (exact) mass is 243 g/mol. The molecule has 88 valence electrons. The molecule has 6 heteroatoms. The molecular formula is C10H13NO4S. The molecule has 0 aliphatic carbocycles. The Labute approximate surface area is 94.4 Å². The fourth-order valence-electron chi connectivity index (χ4n) is 1.12. The first kappa shape index (κ1) is 12.7. The smallest absolute Gasteiger partial charge is 0.321 e. The van der Waals surface area contributed by atoms with Gasteiger partial charge in [-0.25, -0.2) is 8.42 Å². The summed E-state index contributed by atoms with van der Waals surface area (Å²) in [5, 5.41) is 8.76. The first-order valence-electron chi connectivity index (χ1n) is 4.63. The second-order valence-electron chi connectivity index (χ2n) is 3.35. The van der Waals surface area contributed by atoms with Gasteiger partial charge in [0.15, 0.2) is 0 Å². The molecule has 0 aromatic heterocycles. The molecule has 1 N–H and O–H groups in total. The van der Waals surface area contributed by atoms with Crippen LogP contribution in [0.3, 0.4) is 0 Å². The number of hydrogen-bond donors (Lipinski definition) is 1. The van der Waals surface area contributed by atoms with Gasteiger partial charge in [-0.2, -0.15) is 4.31 Å². The highest BCUT2D eigenvalue weighted by molar-refractivity contribution is 7.89. The standard InChI is InChI=1S/C10H13NO4S/c1-8(10(12)13)11(2)16(14,15)9-6-4-3-5-7-9/h3-8H,1-2H3,(H,12,13). The van der Waals surface area contributed by atoms with E-state index in [1.54, 1.807) is 18.2 Å². The third-order valence-corrected chi connectivity index (χ3v) is 4.27. The topological polar surface area (TPSA) is 74.7 Å². The highest BCUT2D eigenvalue weighted by Crippen LogP contribution is 2.15. The van der Waals surface area contributed by atoms with E-state index in [9.17, 15) is 13.2 Å². The van der Waals surface area contributed by atoms with Gasteiger partial charge in [0.05, 0.1) is 4.90 Å². The summed E-state index contributed by atoms with van der Waals surface area (Å²) in [6, 6.07) is 6.64. The Morgan fingerprint density at radius 2 is 1.81 bits per heavy atom. The Morgan fingerprint density at radius 3 is 2.25 bits per heavy atom. The zero-order valence-electron chi connectivity index (χ0n) is 8.99. The number of carboxylic acid groups (broad SMARTS) is 1. The van der Waals surface area contributed by atoms with Crippen molar-refractivity contribution in [3.8, 4) is 0 Å². The number of sulfonamides is 1. The van der Waals surface area contributed by atoms with Gasteiger partial charge in [-0.15, -0.1) is 0 Å². The lowest BCUT2D eigenvalue weighted by atomic mass is 10.4. The number of carboxylic acids is 1. The summed E-state index contributed by atoms with van der Waals surface area (Å²) < 4.78 is 24.7. The van der Waals surface area contributed by atoms with Crippen LogP contribution in [0.25, 0.3) is 0 Å². The summed E-state index contributed by atoms with van der Waals surface area (Å²) in [7, 11) is -2.48. The molecule has 1 aromatic carbocycles. The third kappa shape index (κ3) is 2.40. The first-order chi connectivity index (χ1) is 7.37. The number of carbonyl (C=O) groups is 1. The van der Waals surface area contributed by atoms with Crippen LogP contribution in [0.1, 0.15) is 6.92 Å². The van der Waals surface area contributed by atoms with Crippen LogP contribution in [0.2, 0.25) is 0 Å². The van der Waals surface area contributed by atoms with Crippen LogP contribution in [-0.2, 0) is 14.8 Å². The zero-order valence-corrected chi connectivity index (χ0v) is 9.81. The second kappa shape index (κ2) is 4.63. The van der Waals surface area contributed by atoms with Gasteiger partial charge >= 0.3 is 5.97 Å². The van der Waals surface area contributed by atoms with Gasteiger partial charge in [-0.3, -0.25) is 4.79 Å². The van der Waals surface area contributed by atoms with Crippen molar-refractivity contribution < 1.29 is 18.3 Å². The van der Waals surface area contributed by atoms with Gasteiger partial charge in [0, 0.05) is 7.05 Å². The number of nitrogens with zero attached hydrogens (tertiary/aromatic N) is 1.